The molecule has 2 rings (SSSR count). The number of hydrogen-bond acceptors (Lipinski definition) is 4. The van der Waals surface area contributed by atoms with Gasteiger partial charge in [-0.25, -0.2) is 14.8 Å². The molecule has 0 aliphatic carbocycles. The van der Waals surface area contributed by atoms with E-state index in [1.807, 2.05) is 20.8 Å². The van der Waals surface area contributed by atoms with E-state index in [0.717, 1.165) is 11.3 Å². The van der Waals surface area contributed by atoms with E-state index in [1.165, 1.54) is 10.9 Å². The number of nitrogens with zero attached hydrogens (tertiary/aromatic N) is 3. The van der Waals surface area contributed by atoms with Crippen molar-refractivity contribution < 1.29 is 9.90 Å². The summed E-state index contributed by atoms with van der Waals surface area (Å²) in [5, 5.41) is 9.49. The average Bonchev–Trinajstić information content (AvgIpc) is 2.53. The minimum absolute atomic E-state index is 0.157. The summed E-state index contributed by atoms with van der Waals surface area (Å²) in [6.07, 6.45) is 4.11. The van der Waals surface area contributed by atoms with Crippen LogP contribution >= 0.6 is 0 Å². The Morgan fingerprint density at radius 2 is 2.00 bits per heavy atom. The van der Waals surface area contributed by atoms with Gasteiger partial charge in [0.25, 0.3) is 5.56 Å². The molecule has 6 nitrogen and oxygen atoms in total. The number of carbonyl (C=O) groups is 1. The second kappa shape index (κ2) is 6.51. The van der Waals surface area contributed by atoms with Crippen LogP contribution in [-0.2, 0) is 19.4 Å². The summed E-state index contributed by atoms with van der Waals surface area (Å²) in [5.74, 6) is -1.19. The van der Waals surface area contributed by atoms with Gasteiger partial charge in [-0.2, -0.15) is 0 Å². The minimum atomic E-state index is -1.19. The summed E-state index contributed by atoms with van der Waals surface area (Å²) in [5.41, 5.74) is 2.14. The van der Waals surface area contributed by atoms with E-state index in [0.29, 0.717) is 30.6 Å². The fraction of sp³-hybridized carbons (Fsp3) is 0.375. The maximum atomic E-state index is 12.5. The van der Waals surface area contributed by atoms with Crippen LogP contribution in [0, 0.1) is 0 Å². The zero-order valence-electron chi connectivity index (χ0n) is 13.0. The molecule has 0 unspecified atom stereocenters. The van der Waals surface area contributed by atoms with Gasteiger partial charge in [0.2, 0.25) is 0 Å². The molecule has 0 atom stereocenters. The molecular formula is C16H19N3O3. The molecule has 0 bridgehead atoms. The monoisotopic (exact) mass is 301 g/mol. The van der Waals surface area contributed by atoms with Crippen molar-refractivity contribution in [2.75, 3.05) is 0 Å². The van der Waals surface area contributed by atoms with Crippen LogP contribution in [0.5, 0.6) is 0 Å². The zero-order valence-corrected chi connectivity index (χ0v) is 13.0. The molecule has 6 heteroatoms. The van der Waals surface area contributed by atoms with Gasteiger partial charge in [0.1, 0.15) is 11.9 Å². The Morgan fingerprint density at radius 3 is 2.45 bits per heavy atom. The van der Waals surface area contributed by atoms with Crippen LogP contribution in [0.15, 0.2) is 23.4 Å². The third kappa shape index (κ3) is 2.52. The highest BCUT2D eigenvalue weighted by molar-refractivity contribution is 5.92. The van der Waals surface area contributed by atoms with Crippen LogP contribution in [0.4, 0.5) is 0 Å². The smallest absolute Gasteiger partial charge is 0.341 e. The highest BCUT2D eigenvalue weighted by atomic mass is 16.4. The number of rotatable bonds is 5. The molecule has 2 aromatic heterocycles. The van der Waals surface area contributed by atoms with Gasteiger partial charge in [-0.1, -0.05) is 13.8 Å². The maximum absolute atomic E-state index is 12.5. The molecule has 0 saturated heterocycles. The second-order valence-corrected chi connectivity index (χ2v) is 4.83. The molecule has 0 fully saturated rings. The van der Waals surface area contributed by atoms with E-state index >= 15 is 0 Å². The third-order valence-electron chi connectivity index (χ3n) is 3.73. The van der Waals surface area contributed by atoms with E-state index in [2.05, 4.69) is 9.97 Å². The number of aromatic carboxylic acids is 1. The molecular weight excluding hydrogens is 282 g/mol. The standard InChI is InChI=1S/C16H19N3O3/c1-4-10-13(11-7-8-17-9-18-11)12(5-2)19(6-3)15(20)14(10)16(21)22/h7-9H,4-6H2,1-3H3,(H,21,22). The first-order chi connectivity index (χ1) is 10.6. The lowest BCUT2D eigenvalue weighted by atomic mass is 9.94. The predicted molar refractivity (Wildman–Crippen MR) is 83.1 cm³/mol. The van der Waals surface area contributed by atoms with Gasteiger partial charge in [0.15, 0.2) is 0 Å². The summed E-state index contributed by atoms with van der Waals surface area (Å²) in [6.45, 7) is 6.05. The first kappa shape index (κ1) is 15.9. The van der Waals surface area contributed by atoms with Gasteiger partial charge < -0.3 is 9.67 Å². The lowest BCUT2D eigenvalue weighted by Gasteiger charge is -2.20. The Morgan fingerprint density at radius 1 is 1.27 bits per heavy atom. The molecule has 116 valence electrons. The summed E-state index contributed by atoms with van der Waals surface area (Å²) in [4.78, 5) is 32.3. The van der Waals surface area contributed by atoms with Crippen LogP contribution < -0.4 is 5.56 Å². The summed E-state index contributed by atoms with van der Waals surface area (Å²) in [7, 11) is 0. The van der Waals surface area contributed by atoms with Crippen molar-refractivity contribution >= 4 is 5.97 Å². The van der Waals surface area contributed by atoms with Gasteiger partial charge in [-0.05, 0) is 31.4 Å². The minimum Gasteiger partial charge on any atom is -0.477 e. The van der Waals surface area contributed by atoms with Crippen molar-refractivity contribution in [2.45, 2.75) is 40.2 Å². The van der Waals surface area contributed by atoms with Crippen LogP contribution in [0.2, 0.25) is 0 Å². The molecule has 2 heterocycles. The number of pyridine rings is 1. The fourth-order valence-corrected chi connectivity index (χ4v) is 2.84. The Bertz CT molecular complexity index is 751. The van der Waals surface area contributed by atoms with E-state index in [4.69, 9.17) is 0 Å². The van der Waals surface area contributed by atoms with Gasteiger partial charge in [-0.15, -0.1) is 0 Å². The molecule has 2 aromatic rings. The molecule has 0 aromatic carbocycles. The number of aromatic nitrogens is 3. The summed E-state index contributed by atoms with van der Waals surface area (Å²) >= 11 is 0. The molecule has 0 spiro atoms. The Balaban J connectivity index is 3.00. The van der Waals surface area contributed by atoms with Crippen LogP contribution in [0.25, 0.3) is 11.3 Å². The molecule has 0 aliphatic heterocycles. The first-order valence-electron chi connectivity index (χ1n) is 7.34. The Hall–Kier alpha value is -2.50. The molecule has 0 radical (unpaired) electrons. The van der Waals surface area contributed by atoms with Crippen LogP contribution in [0.3, 0.4) is 0 Å². The van der Waals surface area contributed by atoms with Crippen molar-refractivity contribution in [2.24, 2.45) is 0 Å². The lowest BCUT2D eigenvalue weighted by molar-refractivity contribution is 0.0693. The van der Waals surface area contributed by atoms with Gasteiger partial charge in [0.05, 0.1) is 5.69 Å². The molecule has 0 amide bonds. The van der Waals surface area contributed by atoms with Crippen LogP contribution in [0.1, 0.15) is 42.4 Å². The van der Waals surface area contributed by atoms with Gasteiger partial charge in [0, 0.05) is 24.0 Å². The van der Waals surface area contributed by atoms with Gasteiger partial charge >= 0.3 is 5.97 Å². The normalized spacial score (nSPS) is 10.7. The predicted octanol–water partition coefficient (Wildman–Crippen LogP) is 2.15. The Labute approximate surface area is 128 Å². The molecule has 1 N–H and O–H groups in total. The SMILES string of the molecule is CCc1c(-c2ccncn2)c(CC)n(CC)c(=O)c1C(=O)O. The topological polar surface area (TPSA) is 85.1 Å². The number of carboxylic acids is 1. The molecule has 22 heavy (non-hydrogen) atoms. The number of carboxylic acid groups (broad SMARTS) is 1. The maximum Gasteiger partial charge on any atom is 0.341 e. The van der Waals surface area contributed by atoms with Crippen molar-refractivity contribution in [3.8, 4) is 11.3 Å². The van der Waals surface area contributed by atoms with Gasteiger partial charge in [-0.3, -0.25) is 4.79 Å². The van der Waals surface area contributed by atoms with E-state index < -0.39 is 11.5 Å². The molecule has 0 saturated carbocycles. The quantitative estimate of drug-likeness (QED) is 0.914. The Kier molecular flexibility index (Phi) is 4.70. The highest BCUT2D eigenvalue weighted by Gasteiger charge is 2.24. The second-order valence-electron chi connectivity index (χ2n) is 4.83. The highest BCUT2D eigenvalue weighted by Crippen LogP contribution is 2.28. The van der Waals surface area contributed by atoms with E-state index in [1.54, 1.807) is 12.3 Å². The summed E-state index contributed by atoms with van der Waals surface area (Å²) in [6, 6.07) is 1.74. The number of hydrogen-bond donors (Lipinski definition) is 1. The zero-order chi connectivity index (χ0) is 16.3. The van der Waals surface area contributed by atoms with E-state index in [9.17, 15) is 14.7 Å². The summed E-state index contributed by atoms with van der Waals surface area (Å²) < 4.78 is 1.53. The van der Waals surface area contributed by atoms with Crippen molar-refractivity contribution in [1.82, 2.24) is 14.5 Å². The third-order valence-corrected chi connectivity index (χ3v) is 3.73. The largest absolute Gasteiger partial charge is 0.477 e. The fourth-order valence-electron chi connectivity index (χ4n) is 2.84. The lowest BCUT2D eigenvalue weighted by Crippen LogP contribution is -2.31. The first-order valence-corrected chi connectivity index (χ1v) is 7.34. The van der Waals surface area contributed by atoms with E-state index in [-0.39, 0.29) is 5.56 Å². The van der Waals surface area contributed by atoms with Crippen molar-refractivity contribution in [3.05, 3.63) is 45.8 Å². The molecule has 0 aliphatic rings. The average molecular weight is 301 g/mol. The van der Waals surface area contributed by atoms with Crippen LogP contribution in [-0.4, -0.2) is 25.6 Å². The van der Waals surface area contributed by atoms with Crippen molar-refractivity contribution in [1.29, 1.82) is 0 Å². The van der Waals surface area contributed by atoms with Crippen molar-refractivity contribution in [3.63, 3.8) is 0 Å².